The molecule has 0 bridgehead atoms. The Bertz CT molecular complexity index is 552. The van der Waals surface area contributed by atoms with Crippen LogP contribution in [-0.4, -0.2) is 25.4 Å². The number of hydrogen-bond donors (Lipinski definition) is 1. The predicted molar refractivity (Wildman–Crippen MR) is 81.1 cm³/mol. The fourth-order valence-corrected chi connectivity index (χ4v) is 1.89. The normalized spacial score (nSPS) is 11.8. The maximum atomic E-state index is 9.56. The Labute approximate surface area is 124 Å². The Morgan fingerprint density at radius 3 is 2.33 bits per heavy atom. The van der Waals surface area contributed by atoms with E-state index >= 15 is 0 Å². The van der Waals surface area contributed by atoms with Crippen LogP contribution in [0.25, 0.3) is 0 Å². The van der Waals surface area contributed by atoms with Crippen LogP contribution in [0.4, 0.5) is 0 Å². The van der Waals surface area contributed by atoms with Crippen molar-refractivity contribution in [2.75, 3.05) is 20.3 Å². The minimum Gasteiger partial charge on any atom is -0.493 e. The van der Waals surface area contributed by atoms with E-state index in [1.54, 1.807) is 26.2 Å². The molecule has 0 aliphatic rings. The minimum atomic E-state index is -0.533. The average Bonchev–Trinajstić information content (AvgIpc) is 2.52. The monoisotopic (exact) mass is 288 g/mol. The van der Waals surface area contributed by atoms with Crippen molar-refractivity contribution in [3.8, 4) is 17.2 Å². The lowest BCUT2D eigenvalue weighted by molar-refractivity contribution is 0.197. The van der Waals surface area contributed by atoms with Crippen molar-refractivity contribution in [1.82, 2.24) is 0 Å². The van der Waals surface area contributed by atoms with Gasteiger partial charge in [0.05, 0.1) is 13.2 Å². The van der Waals surface area contributed by atoms with Gasteiger partial charge >= 0.3 is 0 Å². The molecule has 2 aromatic rings. The van der Waals surface area contributed by atoms with E-state index in [-0.39, 0.29) is 0 Å². The zero-order chi connectivity index (χ0) is 15.1. The molecule has 112 valence electrons. The average molecular weight is 288 g/mol. The zero-order valence-corrected chi connectivity index (χ0v) is 12.3. The van der Waals surface area contributed by atoms with Gasteiger partial charge in [-0.3, -0.25) is 0 Å². The highest BCUT2D eigenvalue weighted by Gasteiger charge is 2.08. The summed E-state index contributed by atoms with van der Waals surface area (Å²) in [6.45, 7) is 2.58. The van der Waals surface area contributed by atoms with Crippen LogP contribution in [0.1, 0.15) is 18.6 Å². The van der Waals surface area contributed by atoms with Gasteiger partial charge in [0.15, 0.2) is 11.5 Å². The summed E-state index contributed by atoms with van der Waals surface area (Å²) in [5.41, 5.74) is 0.791. The Morgan fingerprint density at radius 2 is 1.67 bits per heavy atom. The molecule has 4 heteroatoms. The molecule has 0 saturated carbocycles. The second-order valence-electron chi connectivity index (χ2n) is 4.60. The Balaban J connectivity index is 1.88. The SMILES string of the molecule is COc1cc([C@H](C)O)ccc1OCCOc1ccccc1. The van der Waals surface area contributed by atoms with Gasteiger partial charge in [0, 0.05) is 0 Å². The molecule has 0 aliphatic carbocycles. The Kier molecular flexibility index (Phi) is 5.46. The molecule has 21 heavy (non-hydrogen) atoms. The predicted octanol–water partition coefficient (Wildman–Crippen LogP) is 3.21. The molecule has 0 aromatic heterocycles. The molecule has 0 unspecified atom stereocenters. The molecule has 2 rings (SSSR count). The number of hydrogen-bond acceptors (Lipinski definition) is 4. The van der Waals surface area contributed by atoms with Crippen LogP contribution in [0.5, 0.6) is 17.2 Å². The molecule has 0 aliphatic heterocycles. The molecule has 0 heterocycles. The third-order valence-corrected chi connectivity index (χ3v) is 3.02. The molecule has 0 saturated heterocycles. The van der Waals surface area contributed by atoms with Crippen LogP contribution in [0, 0.1) is 0 Å². The first kappa shape index (κ1) is 15.2. The van der Waals surface area contributed by atoms with Crippen LogP contribution < -0.4 is 14.2 Å². The van der Waals surface area contributed by atoms with Crippen molar-refractivity contribution in [3.05, 3.63) is 54.1 Å². The summed E-state index contributed by atoms with van der Waals surface area (Å²) in [6, 6.07) is 15.0. The lowest BCUT2D eigenvalue weighted by Crippen LogP contribution is -2.09. The highest BCUT2D eigenvalue weighted by atomic mass is 16.5. The van der Waals surface area contributed by atoms with Crippen molar-refractivity contribution in [2.45, 2.75) is 13.0 Å². The number of ether oxygens (including phenoxy) is 3. The smallest absolute Gasteiger partial charge is 0.161 e. The van der Waals surface area contributed by atoms with E-state index in [0.29, 0.717) is 24.7 Å². The fourth-order valence-electron chi connectivity index (χ4n) is 1.89. The van der Waals surface area contributed by atoms with Gasteiger partial charge in [-0.2, -0.15) is 0 Å². The number of rotatable bonds is 7. The van der Waals surface area contributed by atoms with Gasteiger partial charge in [-0.25, -0.2) is 0 Å². The second kappa shape index (κ2) is 7.55. The van der Waals surface area contributed by atoms with Crippen molar-refractivity contribution in [3.63, 3.8) is 0 Å². The third-order valence-electron chi connectivity index (χ3n) is 3.02. The zero-order valence-electron chi connectivity index (χ0n) is 12.3. The third kappa shape index (κ3) is 4.39. The van der Waals surface area contributed by atoms with Crippen molar-refractivity contribution < 1.29 is 19.3 Å². The standard InChI is InChI=1S/C17H20O4/c1-13(18)14-8-9-16(17(12-14)19-2)21-11-10-20-15-6-4-3-5-7-15/h3-9,12-13,18H,10-11H2,1-2H3/t13-/m0/s1. The molecule has 0 spiro atoms. The molecule has 0 amide bonds. The van der Waals surface area contributed by atoms with E-state index in [4.69, 9.17) is 14.2 Å². The maximum absolute atomic E-state index is 9.56. The van der Waals surface area contributed by atoms with Gasteiger partial charge in [-0.1, -0.05) is 24.3 Å². The number of para-hydroxylation sites is 1. The molecule has 1 atom stereocenters. The summed E-state index contributed by atoms with van der Waals surface area (Å²) in [5.74, 6) is 2.06. The summed E-state index contributed by atoms with van der Waals surface area (Å²) in [4.78, 5) is 0. The first-order valence-electron chi connectivity index (χ1n) is 6.87. The summed E-state index contributed by atoms with van der Waals surface area (Å²) in [7, 11) is 1.58. The van der Waals surface area contributed by atoms with Gasteiger partial charge < -0.3 is 19.3 Å². The molecular formula is C17H20O4. The molecule has 1 N–H and O–H groups in total. The van der Waals surface area contributed by atoms with Gasteiger partial charge in [0.2, 0.25) is 0 Å². The van der Waals surface area contributed by atoms with E-state index in [1.165, 1.54) is 0 Å². The summed E-state index contributed by atoms with van der Waals surface area (Å²) in [6.07, 6.45) is -0.533. The van der Waals surface area contributed by atoms with E-state index in [9.17, 15) is 5.11 Å². The molecule has 4 nitrogen and oxygen atoms in total. The second-order valence-corrected chi connectivity index (χ2v) is 4.60. The largest absolute Gasteiger partial charge is 0.493 e. The summed E-state index contributed by atoms with van der Waals surface area (Å²) < 4.78 is 16.5. The van der Waals surface area contributed by atoms with Gasteiger partial charge in [0.25, 0.3) is 0 Å². The Morgan fingerprint density at radius 1 is 0.952 bits per heavy atom. The summed E-state index contributed by atoms with van der Waals surface area (Å²) >= 11 is 0. The van der Waals surface area contributed by atoms with Crippen molar-refractivity contribution in [1.29, 1.82) is 0 Å². The molecule has 0 fully saturated rings. The Hall–Kier alpha value is -2.20. The first-order valence-corrected chi connectivity index (χ1v) is 6.87. The van der Waals surface area contributed by atoms with E-state index in [1.807, 2.05) is 36.4 Å². The molecule has 2 aromatic carbocycles. The topological polar surface area (TPSA) is 47.9 Å². The van der Waals surface area contributed by atoms with Gasteiger partial charge in [-0.15, -0.1) is 0 Å². The number of benzene rings is 2. The van der Waals surface area contributed by atoms with E-state index in [0.717, 1.165) is 11.3 Å². The van der Waals surface area contributed by atoms with Crippen LogP contribution in [0.3, 0.4) is 0 Å². The van der Waals surface area contributed by atoms with Crippen LogP contribution >= 0.6 is 0 Å². The first-order chi connectivity index (χ1) is 10.2. The lowest BCUT2D eigenvalue weighted by Gasteiger charge is -2.13. The minimum absolute atomic E-state index is 0.416. The van der Waals surface area contributed by atoms with Gasteiger partial charge in [-0.05, 0) is 36.8 Å². The summed E-state index contributed by atoms with van der Waals surface area (Å²) in [5, 5.41) is 9.56. The van der Waals surface area contributed by atoms with Crippen molar-refractivity contribution in [2.24, 2.45) is 0 Å². The highest BCUT2D eigenvalue weighted by Crippen LogP contribution is 2.30. The number of aliphatic hydroxyl groups is 1. The van der Waals surface area contributed by atoms with Crippen molar-refractivity contribution >= 4 is 0 Å². The lowest BCUT2D eigenvalue weighted by atomic mass is 10.1. The van der Waals surface area contributed by atoms with Crippen LogP contribution in [-0.2, 0) is 0 Å². The maximum Gasteiger partial charge on any atom is 0.161 e. The molecule has 0 radical (unpaired) electrons. The number of methoxy groups -OCH3 is 1. The highest BCUT2D eigenvalue weighted by molar-refractivity contribution is 5.43. The van der Waals surface area contributed by atoms with E-state index < -0.39 is 6.10 Å². The van der Waals surface area contributed by atoms with Gasteiger partial charge in [0.1, 0.15) is 19.0 Å². The van der Waals surface area contributed by atoms with E-state index in [2.05, 4.69) is 0 Å². The van der Waals surface area contributed by atoms with Crippen LogP contribution in [0.2, 0.25) is 0 Å². The number of aliphatic hydroxyl groups excluding tert-OH is 1. The molecular weight excluding hydrogens is 268 g/mol. The fraction of sp³-hybridized carbons (Fsp3) is 0.294. The van der Waals surface area contributed by atoms with Crippen LogP contribution in [0.15, 0.2) is 48.5 Å². The quantitative estimate of drug-likeness (QED) is 0.795.